The van der Waals surface area contributed by atoms with Gasteiger partial charge in [-0.15, -0.1) is 0 Å². The molecule has 2 aliphatic rings. The van der Waals surface area contributed by atoms with Crippen LogP contribution in [0.25, 0.3) is 0 Å². The predicted molar refractivity (Wildman–Crippen MR) is 154 cm³/mol. The van der Waals surface area contributed by atoms with Crippen molar-refractivity contribution in [2.75, 3.05) is 26.9 Å². The fraction of sp³-hybridized carbons (Fsp3) is 0.667. The van der Waals surface area contributed by atoms with Crippen LogP contribution in [-0.2, 0) is 42.7 Å². The molecule has 2 aliphatic heterocycles. The molecule has 0 unspecified atom stereocenters. The number of nitrogens with one attached hydrogen (secondary N) is 4. The number of methoxy groups -OCH3 is 1. The Bertz CT molecular complexity index is 1190. The largest absolute Gasteiger partial charge is 0.508 e. The smallest absolute Gasteiger partial charge is 0.477 e. The number of aliphatic hydroxyl groups is 1. The van der Waals surface area contributed by atoms with Gasteiger partial charge in [0.2, 0.25) is 17.6 Å². The molecule has 0 spiro atoms. The first kappa shape index (κ1) is 37.4. The molecule has 2 heterocycles. The predicted octanol–water partition coefficient (Wildman–Crippen LogP) is 0.343. The molecule has 0 bridgehead atoms. The number of nitrogens with zero attached hydrogens (tertiary/aromatic N) is 1. The number of rotatable bonds is 8. The van der Waals surface area contributed by atoms with Crippen molar-refractivity contribution in [3.8, 4) is 0 Å². The zero-order valence-corrected chi connectivity index (χ0v) is 26.8. The molecule has 0 aromatic heterocycles. The van der Waals surface area contributed by atoms with E-state index in [-0.39, 0.29) is 6.54 Å². The lowest BCUT2D eigenvalue weighted by atomic mass is 9.92. The van der Waals surface area contributed by atoms with E-state index in [1.54, 1.807) is 41.5 Å². The summed E-state index contributed by atoms with van der Waals surface area (Å²) < 4.78 is 36.7. The minimum atomic E-state index is -1.57. The maximum atomic E-state index is 12.7. The third kappa shape index (κ3) is 12.3. The normalized spacial score (nSPS) is 21.4. The molecule has 46 heavy (non-hydrogen) atoms. The van der Waals surface area contributed by atoms with E-state index in [4.69, 9.17) is 38.3 Å². The molecule has 0 aromatic carbocycles. The summed E-state index contributed by atoms with van der Waals surface area (Å²) in [6, 6.07) is -2.71. The Kier molecular flexibility index (Phi) is 13.0. The summed E-state index contributed by atoms with van der Waals surface area (Å²) in [5.41, 5.74) is -1.91. The summed E-state index contributed by atoms with van der Waals surface area (Å²) in [6.07, 6.45) is -7.54. The maximum absolute atomic E-state index is 12.7. The van der Waals surface area contributed by atoms with Crippen LogP contribution in [-0.4, -0.2) is 116 Å². The van der Waals surface area contributed by atoms with Crippen LogP contribution in [0.5, 0.6) is 0 Å². The van der Waals surface area contributed by atoms with E-state index in [1.807, 2.05) is 0 Å². The van der Waals surface area contributed by atoms with Gasteiger partial charge < -0.3 is 48.9 Å². The molecule has 2 rings (SSSR count). The van der Waals surface area contributed by atoms with Crippen molar-refractivity contribution in [3.63, 3.8) is 0 Å². The van der Waals surface area contributed by atoms with Crippen molar-refractivity contribution >= 4 is 42.3 Å². The van der Waals surface area contributed by atoms with Crippen LogP contribution in [0, 0.1) is 0 Å². The van der Waals surface area contributed by atoms with E-state index in [1.165, 1.54) is 0 Å². The minimum Gasteiger partial charge on any atom is -0.477 e. The van der Waals surface area contributed by atoms with Gasteiger partial charge in [0.25, 0.3) is 0 Å². The molecule has 1 saturated heterocycles. The maximum Gasteiger partial charge on any atom is 0.508 e. The molecule has 5 atom stereocenters. The number of carbonyl (C=O) groups is 6. The standard InChI is InChI=1S/C27H41N5O14/c1-13(34)29-17-14(30-21(31-23(37)45-26(2,3)4)32-24(38)46-27(5,6)7)11-15(20(35)40-8)42-19(17)18(16-12-41-25(39)43-16)44-22(36)28-9-10-33/h11,14,16-19,33H,9-10,12H2,1-8H3,(H,28,36)(H,29,34)(H2,30,31,32,37,38)/t14-,16+,17+,18+,19+/m0/s1. The number of guanidine groups is 1. The second-order valence-corrected chi connectivity index (χ2v) is 11.8. The topological polar surface area (TPSA) is 248 Å². The van der Waals surface area contributed by atoms with Crippen LogP contribution in [0.4, 0.5) is 19.2 Å². The zero-order chi connectivity index (χ0) is 34.8. The number of ether oxygens (including phenoxy) is 7. The Labute approximate surface area is 264 Å². The molecule has 0 saturated carbocycles. The van der Waals surface area contributed by atoms with E-state index in [2.05, 4.69) is 26.3 Å². The van der Waals surface area contributed by atoms with Gasteiger partial charge in [0.1, 0.15) is 17.8 Å². The second-order valence-electron chi connectivity index (χ2n) is 11.8. The lowest BCUT2D eigenvalue weighted by molar-refractivity contribution is -0.147. The van der Waals surface area contributed by atoms with Crippen molar-refractivity contribution in [3.05, 3.63) is 11.8 Å². The molecule has 0 aliphatic carbocycles. The highest BCUT2D eigenvalue weighted by Crippen LogP contribution is 2.29. The number of esters is 1. The lowest BCUT2D eigenvalue weighted by Gasteiger charge is -2.39. The molecular formula is C27H41N5O14. The highest BCUT2D eigenvalue weighted by Gasteiger charge is 2.50. The zero-order valence-electron chi connectivity index (χ0n) is 26.8. The Morgan fingerprint density at radius 2 is 1.59 bits per heavy atom. The van der Waals surface area contributed by atoms with Gasteiger partial charge in [-0.2, -0.15) is 0 Å². The van der Waals surface area contributed by atoms with Crippen molar-refractivity contribution in [1.82, 2.24) is 21.3 Å². The quantitative estimate of drug-likeness (QED) is 0.102. The summed E-state index contributed by atoms with van der Waals surface area (Å²) >= 11 is 0. The molecule has 19 nitrogen and oxygen atoms in total. The first-order valence-electron chi connectivity index (χ1n) is 14.0. The minimum absolute atomic E-state index is 0.205. The number of carbonyl (C=O) groups excluding carboxylic acids is 6. The lowest BCUT2D eigenvalue weighted by Crippen LogP contribution is -2.61. The van der Waals surface area contributed by atoms with Gasteiger partial charge in [0.15, 0.2) is 18.3 Å². The van der Waals surface area contributed by atoms with Crippen LogP contribution in [0.2, 0.25) is 0 Å². The third-order valence-corrected chi connectivity index (χ3v) is 5.51. The Balaban J connectivity index is 2.68. The molecular weight excluding hydrogens is 618 g/mol. The van der Waals surface area contributed by atoms with Gasteiger partial charge in [0.05, 0.1) is 25.8 Å². The van der Waals surface area contributed by atoms with Crippen molar-refractivity contribution in [1.29, 1.82) is 0 Å². The molecule has 258 valence electrons. The van der Waals surface area contributed by atoms with Crippen molar-refractivity contribution in [2.24, 2.45) is 4.99 Å². The Morgan fingerprint density at radius 3 is 2.04 bits per heavy atom. The average Bonchev–Trinajstić information content (AvgIpc) is 3.34. The first-order chi connectivity index (χ1) is 21.3. The number of cyclic esters (lactones) is 2. The second kappa shape index (κ2) is 16.0. The van der Waals surface area contributed by atoms with Crippen LogP contribution in [0.3, 0.4) is 0 Å². The summed E-state index contributed by atoms with van der Waals surface area (Å²) in [7, 11) is 1.06. The number of aliphatic imine (C=N–C) groups is 1. The third-order valence-electron chi connectivity index (χ3n) is 5.51. The SMILES string of the molecule is COC(=O)C1=C[C@H](N=C(NC(=O)OC(C)(C)C)NC(=O)OC(C)(C)C)[C@@H](NC(C)=O)[C@H]([C@H](OC(=O)NCCO)[C@H]2COC(=O)O2)O1. The first-order valence-corrected chi connectivity index (χ1v) is 14.0. The number of aliphatic hydroxyl groups excluding tert-OH is 1. The van der Waals surface area contributed by atoms with Gasteiger partial charge in [-0.25, -0.2) is 29.0 Å². The highest BCUT2D eigenvalue weighted by atomic mass is 16.8. The summed E-state index contributed by atoms with van der Waals surface area (Å²) in [4.78, 5) is 79.3. The number of hydrogen-bond acceptors (Lipinski definition) is 15. The fourth-order valence-electron chi connectivity index (χ4n) is 3.95. The molecule has 0 radical (unpaired) electrons. The molecule has 0 aromatic rings. The fourth-order valence-corrected chi connectivity index (χ4v) is 3.95. The van der Waals surface area contributed by atoms with E-state index < -0.39 is 103 Å². The van der Waals surface area contributed by atoms with Crippen LogP contribution < -0.4 is 21.3 Å². The number of hydrogen-bond donors (Lipinski definition) is 5. The van der Waals surface area contributed by atoms with E-state index >= 15 is 0 Å². The Morgan fingerprint density at radius 1 is 1.00 bits per heavy atom. The van der Waals surface area contributed by atoms with Gasteiger partial charge in [0, 0.05) is 13.5 Å². The van der Waals surface area contributed by atoms with Crippen LogP contribution >= 0.6 is 0 Å². The monoisotopic (exact) mass is 659 g/mol. The van der Waals surface area contributed by atoms with Crippen LogP contribution in [0.15, 0.2) is 16.8 Å². The summed E-state index contributed by atoms with van der Waals surface area (Å²) in [5, 5.41) is 18.6. The molecule has 5 N–H and O–H groups in total. The van der Waals surface area contributed by atoms with Crippen molar-refractivity contribution in [2.45, 2.75) is 90.1 Å². The van der Waals surface area contributed by atoms with E-state index in [0.29, 0.717) is 0 Å². The highest BCUT2D eigenvalue weighted by molar-refractivity contribution is 6.01. The van der Waals surface area contributed by atoms with Gasteiger partial charge in [-0.1, -0.05) is 0 Å². The average molecular weight is 660 g/mol. The number of alkyl carbamates (subject to hydrolysis) is 3. The van der Waals surface area contributed by atoms with E-state index in [9.17, 15) is 28.8 Å². The van der Waals surface area contributed by atoms with Gasteiger partial charge in [-0.05, 0) is 47.6 Å². The van der Waals surface area contributed by atoms with Gasteiger partial charge in [-0.3, -0.25) is 15.4 Å². The summed E-state index contributed by atoms with van der Waals surface area (Å²) in [6.45, 7) is 9.70. The van der Waals surface area contributed by atoms with E-state index in [0.717, 1.165) is 20.1 Å². The molecule has 19 heteroatoms. The number of amides is 4. The molecule has 1 fully saturated rings. The summed E-state index contributed by atoms with van der Waals surface area (Å²) in [5.74, 6) is -2.67. The van der Waals surface area contributed by atoms with Crippen LogP contribution in [0.1, 0.15) is 48.5 Å². The van der Waals surface area contributed by atoms with Crippen molar-refractivity contribution < 1.29 is 67.0 Å². The Hall–Kier alpha value is -4.81. The molecule has 4 amide bonds. The van der Waals surface area contributed by atoms with Gasteiger partial charge >= 0.3 is 30.4 Å².